The van der Waals surface area contributed by atoms with Gasteiger partial charge < -0.3 is 10.6 Å². The van der Waals surface area contributed by atoms with Gasteiger partial charge in [0.05, 0.1) is 6.07 Å². The molecule has 5 heteroatoms. The van der Waals surface area contributed by atoms with E-state index >= 15 is 0 Å². The summed E-state index contributed by atoms with van der Waals surface area (Å²) in [6.45, 7) is 4.25. The number of carbonyl (C=O) groups excluding carboxylic acids is 2. The average molecular weight is 285 g/mol. The van der Waals surface area contributed by atoms with Crippen LogP contribution in [0.4, 0.5) is 5.69 Å². The Morgan fingerprint density at radius 1 is 1.33 bits per heavy atom. The maximum absolute atomic E-state index is 11.8. The predicted octanol–water partition coefficient (Wildman–Crippen LogP) is 2.37. The number of para-hydroxylation sites is 1. The third-order valence-corrected chi connectivity index (χ3v) is 2.62. The lowest BCUT2D eigenvalue weighted by atomic mass is 10.1. The van der Waals surface area contributed by atoms with Gasteiger partial charge >= 0.3 is 0 Å². The Hall–Kier alpha value is -2.61. The molecule has 0 heterocycles. The summed E-state index contributed by atoms with van der Waals surface area (Å²) in [7, 11) is 0. The summed E-state index contributed by atoms with van der Waals surface area (Å²) in [5.41, 5.74) is 1.43. The van der Waals surface area contributed by atoms with Crippen LogP contribution in [0.3, 0.4) is 0 Å². The van der Waals surface area contributed by atoms with E-state index in [9.17, 15) is 9.59 Å². The Labute approximate surface area is 124 Å². The molecule has 0 atom stereocenters. The maximum Gasteiger partial charge on any atom is 0.248 e. The monoisotopic (exact) mass is 285 g/mol. The summed E-state index contributed by atoms with van der Waals surface area (Å²) in [5, 5.41) is 13.8. The van der Waals surface area contributed by atoms with Crippen LogP contribution in [0.15, 0.2) is 36.4 Å². The highest BCUT2D eigenvalue weighted by molar-refractivity contribution is 5.99. The molecule has 1 aromatic rings. The molecule has 0 saturated carbocycles. The molecule has 0 unspecified atom stereocenters. The van der Waals surface area contributed by atoms with Crippen molar-refractivity contribution in [1.82, 2.24) is 5.32 Å². The third kappa shape index (κ3) is 6.39. The van der Waals surface area contributed by atoms with E-state index in [1.165, 1.54) is 6.08 Å². The van der Waals surface area contributed by atoms with E-state index < -0.39 is 0 Å². The number of nitriles is 1. The van der Waals surface area contributed by atoms with Crippen molar-refractivity contribution in [2.24, 2.45) is 5.92 Å². The molecular formula is C16H19N3O2. The van der Waals surface area contributed by atoms with E-state index in [1.807, 2.05) is 38.1 Å². The van der Waals surface area contributed by atoms with Crippen molar-refractivity contribution in [1.29, 1.82) is 5.26 Å². The molecular weight excluding hydrogens is 266 g/mol. The molecule has 110 valence electrons. The third-order valence-electron chi connectivity index (χ3n) is 2.62. The first-order chi connectivity index (χ1) is 10.0. The lowest BCUT2D eigenvalue weighted by Gasteiger charge is -2.10. The number of nitrogens with zero attached hydrogens (tertiary/aromatic N) is 1. The lowest BCUT2D eigenvalue weighted by molar-refractivity contribution is -0.120. The fraction of sp³-hybridized carbons (Fsp3) is 0.312. The molecule has 0 aliphatic carbocycles. The quantitative estimate of drug-likeness (QED) is 0.787. The SMILES string of the molecule is CC(C)/C=C/C(=O)Nc1ccccc1CNC(=O)CC#N. The van der Waals surface area contributed by atoms with E-state index in [0.717, 1.165) is 5.56 Å². The molecule has 0 bridgehead atoms. The van der Waals surface area contributed by atoms with Crippen molar-refractivity contribution in [2.45, 2.75) is 26.8 Å². The highest BCUT2D eigenvalue weighted by atomic mass is 16.2. The van der Waals surface area contributed by atoms with Crippen LogP contribution in [0.25, 0.3) is 0 Å². The summed E-state index contributed by atoms with van der Waals surface area (Å²) in [6, 6.07) is 9.00. The molecule has 5 nitrogen and oxygen atoms in total. The lowest BCUT2D eigenvalue weighted by Crippen LogP contribution is -2.23. The number of benzene rings is 1. The van der Waals surface area contributed by atoms with Crippen molar-refractivity contribution in [3.8, 4) is 6.07 Å². The van der Waals surface area contributed by atoms with Crippen molar-refractivity contribution >= 4 is 17.5 Å². The minimum atomic E-state index is -0.335. The number of nitrogens with one attached hydrogen (secondary N) is 2. The Morgan fingerprint density at radius 3 is 2.71 bits per heavy atom. The predicted molar refractivity (Wildman–Crippen MR) is 81.1 cm³/mol. The minimum absolute atomic E-state index is 0.175. The zero-order valence-corrected chi connectivity index (χ0v) is 12.2. The fourth-order valence-electron chi connectivity index (χ4n) is 1.58. The van der Waals surface area contributed by atoms with Crippen molar-refractivity contribution in [2.75, 3.05) is 5.32 Å². The van der Waals surface area contributed by atoms with Gasteiger partial charge in [-0.3, -0.25) is 9.59 Å². The van der Waals surface area contributed by atoms with Gasteiger partial charge in [-0.25, -0.2) is 0 Å². The van der Waals surface area contributed by atoms with Crippen LogP contribution in [0, 0.1) is 17.2 Å². The normalized spacial score (nSPS) is 10.4. The van der Waals surface area contributed by atoms with Gasteiger partial charge in [0.25, 0.3) is 0 Å². The van der Waals surface area contributed by atoms with Crippen LogP contribution in [0.1, 0.15) is 25.8 Å². The summed E-state index contributed by atoms with van der Waals surface area (Å²) >= 11 is 0. The van der Waals surface area contributed by atoms with Crippen LogP contribution in [0.2, 0.25) is 0 Å². The molecule has 0 saturated heterocycles. The Morgan fingerprint density at radius 2 is 2.05 bits per heavy atom. The smallest absolute Gasteiger partial charge is 0.248 e. The van der Waals surface area contributed by atoms with Gasteiger partial charge in [0.15, 0.2) is 0 Å². The minimum Gasteiger partial charge on any atom is -0.351 e. The molecule has 1 aromatic carbocycles. The highest BCUT2D eigenvalue weighted by Gasteiger charge is 2.06. The van der Waals surface area contributed by atoms with E-state index in [1.54, 1.807) is 12.1 Å². The molecule has 0 aliphatic heterocycles. The second-order valence-electron chi connectivity index (χ2n) is 4.86. The first kappa shape index (κ1) is 16.4. The molecule has 0 aromatic heterocycles. The molecule has 2 N–H and O–H groups in total. The van der Waals surface area contributed by atoms with E-state index in [-0.39, 0.29) is 24.8 Å². The van der Waals surface area contributed by atoms with E-state index in [2.05, 4.69) is 10.6 Å². The van der Waals surface area contributed by atoms with Gasteiger partial charge in [-0.1, -0.05) is 38.1 Å². The summed E-state index contributed by atoms with van der Waals surface area (Å²) in [4.78, 5) is 23.1. The molecule has 0 aliphatic rings. The summed E-state index contributed by atoms with van der Waals surface area (Å²) in [6.07, 6.45) is 3.13. The van der Waals surface area contributed by atoms with Crippen LogP contribution in [-0.2, 0) is 16.1 Å². The summed E-state index contributed by atoms with van der Waals surface area (Å²) < 4.78 is 0. The van der Waals surface area contributed by atoms with Crippen molar-refractivity contribution < 1.29 is 9.59 Å². The molecule has 21 heavy (non-hydrogen) atoms. The second kappa shape index (κ2) is 8.54. The van der Waals surface area contributed by atoms with Crippen LogP contribution in [-0.4, -0.2) is 11.8 Å². The van der Waals surface area contributed by atoms with Gasteiger partial charge in [-0.2, -0.15) is 5.26 Å². The Bertz CT molecular complexity index is 571. The average Bonchev–Trinajstić information content (AvgIpc) is 2.44. The molecule has 0 fully saturated rings. The molecule has 2 amide bonds. The van der Waals surface area contributed by atoms with Gasteiger partial charge in [0, 0.05) is 12.2 Å². The number of amides is 2. The van der Waals surface area contributed by atoms with Crippen LogP contribution < -0.4 is 10.6 Å². The maximum atomic E-state index is 11.8. The standard InChI is InChI=1S/C16H19N3O2/c1-12(2)7-8-16(21)19-14-6-4-3-5-13(14)11-18-15(20)9-10-17/h3-8,12H,9,11H2,1-2H3,(H,18,20)(H,19,21)/b8-7+. The Kier molecular flexibility index (Phi) is 6.69. The van der Waals surface area contributed by atoms with E-state index in [4.69, 9.17) is 5.26 Å². The van der Waals surface area contributed by atoms with Gasteiger partial charge in [0.1, 0.15) is 6.42 Å². The zero-order valence-electron chi connectivity index (χ0n) is 12.2. The van der Waals surface area contributed by atoms with Gasteiger partial charge in [-0.15, -0.1) is 0 Å². The Balaban J connectivity index is 2.69. The number of rotatable bonds is 6. The number of hydrogen-bond acceptors (Lipinski definition) is 3. The zero-order chi connectivity index (χ0) is 15.7. The van der Waals surface area contributed by atoms with Crippen molar-refractivity contribution in [3.63, 3.8) is 0 Å². The largest absolute Gasteiger partial charge is 0.351 e. The molecule has 1 rings (SSSR count). The number of carbonyl (C=O) groups is 2. The first-order valence-electron chi connectivity index (χ1n) is 6.73. The van der Waals surface area contributed by atoms with Crippen LogP contribution >= 0.6 is 0 Å². The first-order valence-corrected chi connectivity index (χ1v) is 6.73. The summed E-state index contributed by atoms with van der Waals surface area (Å²) in [5.74, 6) is -0.242. The number of hydrogen-bond donors (Lipinski definition) is 2. The van der Waals surface area contributed by atoms with Crippen LogP contribution in [0.5, 0.6) is 0 Å². The van der Waals surface area contributed by atoms with E-state index in [0.29, 0.717) is 11.6 Å². The number of allylic oxidation sites excluding steroid dienone is 1. The molecule has 0 spiro atoms. The van der Waals surface area contributed by atoms with Gasteiger partial charge in [-0.05, 0) is 23.6 Å². The highest BCUT2D eigenvalue weighted by Crippen LogP contribution is 2.15. The van der Waals surface area contributed by atoms with Crippen molar-refractivity contribution in [3.05, 3.63) is 42.0 Å². The topological polar surface area (TPSA) is 82.0 Å². The molecule has 0 radical (unpaired) electrons. The van der Waals surface area contributed by atoms with Gasteiger partial charge in [0.2, 0.25) is 11.8 Å². The second-order valence-corrected chi connectivity index (χ2v) is 4.86. The fourth-order valence-corrected chi connectivity index (χ4v) is 1.58. The number of anilines is 1.